The SMILES string of the molecule is CC(C(=O)O)=C(C)c1ccc(N)nc1. The normalized spacial score (nSPS) is 12.1. The van der Waals surface area contributed by atoms with Crippen molar-refractivity contribution in [1.82, 2.24) is 4.98 Å². The number of rotatable bonds is 2. The zero-order valence-corrected chi connectivity index (χ0v) is 8.11. The number of anilines is 1. The highest BCUT2D eigenvalue weighted by Gasteiger charge is 2.06. The van der Waals surface area contributed by atoms with E-state index in [1.165, 1.54) is 0 Å². The van der Waals surface area contributed by atoms with Gasteiger partial charge in [0, 0.05) is 11.8 Å². The van der Waals surface area contributed by atoms with Gasteiger partial charge in [0.25, 0.3) is 0 Å². The summed E-state index contributed by atoms with van der Waals surface area (Å²) in [5.41, 5.74) is 7.21. The summed E-state index contributed by atoms with van der Waals surface area (Å²) in [5.74, 6) is -0.492. The molecule has 0 amide bonds. The highest BCUT2D eigenvalue weighted by atomic mass is 16.4. The fraction of sp³-hybridized carbons (Fsp3) is 0.200. The molecule has 0 aliphatic rings. The third-order valence-electron chi connectivity index (χ3n) is 2.10. The van der Waals surface area contributed by atoms with E-state index in [2.05, 4.69) is 4.98 Å². The largest absolute Gasteiger partial charge is 0.478 e. The van der Waals surface area contributed by atoms with Crippen LogP contribution in [0, 0.1) is 0 Å². The minimum Gasteiger partial charge on any atom is -0.478 e. The number of nitrogens with zero attached hydrogens (tertiary/aromatic N) is 1. The predicted octanol–water partition coefficient (Wildman–Crippen LogP) is 1.54. The number of carboxylic acid groups (broad SMARTS) is 1. The van der Waals surface area contributed by atoms with Gasteiger partial charge < -0.3 is 10.8 Å². The molecule has 0 aliphatic carbocycles. The van der Waals surface area contributed by atoms with E-state index in [4.69, 9.17) is 10.8 Å². The third-order valence-corrected chi connectivity index (χ3v) is 2.10. The maximum absolute atomic E-state index is 10.7. The number of aliphatic carboxylic acids is 1. The smallest absolute Gasteiger partial charge is 0.331 e. The quantitative estimate of drug-likeness (QED) is 0.697. The molecule has 0 radical (unpaired) electrons. The lowest BCUT2D eigenvalue weighted by Crippen LogP contribution is -1.99. The van der Waals surface area contributed by atoms with Crippen molar-refractivity contribution in [2.45, 2.75) is 13.8 Å². The summed E-state index contributed by atoms with van der Waals surface area (Å²) < 4.78 is 0. The van der Waals surface area contributed by atoms with E-state index in [1.807, 2.05) is 0 Å². The fourth-order valence-electron chi connectivity index (χ4n) is 1.00. The standard InChI is InChI=1S/C10H12N2O2/c1-6(7(2)10(13)14)8-3-4-9(11)12-5-8/h3-5H,1-2H3,(H2,11,12)(H,13,14). The van der Waals surface area contributed by atoms with E-state index >= 15 is 0 Å². The van der Waals surface area contributed by atoms with E-state index in [9.17, 15) is 4.79 Å². The topological polar surface area (TPSA) is 76.2 Å². The number of nitrogen functional groups attached to an aromatic ring is 1. The number of carboxylic acids is 1. The summed E-state index contributed by atoms with van der Waals surface area (Å²) in [7, 11) is 0. The molecule has 1 aromatic rings. The van der Waals surface area contributed by atoms with Gasteiger partial charge in [0.1, 0.15) is 5.82 Å². The van der Waals surface area contributed by atoms with Gasteiger partial charge in [-0.3, -0.25) is 0 Å². The Balaban J connectivity index is 3.12. The third kappa shape index (κ3) is 2.10. The molecule has 0 fully saturated rings. The maximum Gasteiger partial charge on any atom is 0.331 e. The maximum atomic E-state index is 10.7. The van der Waals surface area contributed by atoms with Crippen LogP contribution < -0.4 is 5.73 Å². The molecule has 0 bridgehead atoms. The van der Waals surface area contributed by atoms with Crippen molar-refractivity contribution in [3.63, 3.8) is 0 Å². The highest BCUT2D eigenvalue weighted by Crippen LogP contribution is 2.17. The molecule has 0 aliphatic heterocycles. The summed E-state index contributed by atoms with van der Waals surface area (Å²) in [5, 5.41) is 8.77. The molecule has 1 heterocycles. The Labute approximate surface area is 82.1 Å². The number of hydrogen-bond acceptors (Lipinski definition) is 3. The van der Waals surface area contributed by atoms with Crippen molar-refractivity contribution < 1.29 is 9.90 Å². The van der Waals surface area contributed by atoms with Crippen LogP contribution in [0.2, 0.25) is 0 Å². The Kier molecular flexibility index (Phi) is 2.86. The van der Waals surface area contributed by atoms with Crippen LogP contribution in [0.5, 0.6) is 0 Å². The minimum atomic E-state index is -0.917. The second kappa shape index (κ2) is 3.91. The van der Waals surface area contributed by atoms with Gasteiger partial charge in [0.15, 0.2) is 0 Å². The molecule has 0 saturated heterocycles. The zero-order valence-electron chi connectivity index (χ0n) is 8.11. The first kappa shape index (κ1) is 10.2. The fourth-order valence-corrected chi connectivity index (χ4v) is 1.00. The van der Waals surface area contributed by atoms with E-state index in [1.54, 1.807) is 32.2 Å². The lowest BCUT2D eigenvalue weighted by atomic mass is 10.0. The first-order valence-corrected chi connectivity index (χ1v) is 4.15. The van der Waals surface area contributed by atoms with E-state index < -0.39 is 5.97 Å². The average Bonchev–Trinajstić information content (AvgIpc) is 2.16. The molecule has 0 aromatic carbocycles. The average molecular weight is 192 g/mol. The van der Waals surface area contributed by atoms with Crippen molar-refractivity contribution in [3.05, 3.63) is 29.5 Å². The molecule has 74 valence electrons. The van der Waals surface area contributed by atoms with Crippen molar-refractivity contribution >= 4 is 17.4 Å². The van der Waals surface area contributed by atoms with Crippen LogP contribution in [-0.4, -0.2) is 16.1 Å². The molecule has 1 aromatic heterocycles. The molecule has 4 nitrogen and oxygen atoms in total. The van der Waals surface area contributed by atoms with Crippen LogP contribution in [0.25, 0.3) is 5.57 Å². The summed E-state index contributed by atoms with van der Waals surface area (Å²) in [6, 6.07) is 3.40. The van der Waals surface area contributed by atoms with Gasteiger partial charge in [-0.15, -0.1) is 0 Å². The minimum absolute atomic E-state index is 0.316. The Morgan fingerprint density at radius 2 is 2.07 bits per heavy atom. The van der Waals surface area contributed by atoms with E-state index in [0.29, 0.717) is 17.0 Å². The summed E-state index contributed by atoms with van der Waals surface area (Å²) in [6.07, 6.45) is 1.57. The van der Waals surface area contributed by atoms with Crippen molar-refractivity contribution in [2.24, 2.45) is 0 Å². The number of aromatic nitrogens is 1. The molecular weight excluding hydrogens is 180 g/mol. The molecule has 4 heteroatoms. The monoisotopic (exact) mass is 192 g/mol. The van der Waals surface area contributed by atoms with Gasteiger partial charge in [-0.05, 0) is 37.1 Å². The Hall–Kier alpha value is -1.84. The van der Waals surface area contributed by atoms with Gasteiger partial charge in [-0.2, -0.15) is 0 Å². The number of hydrogen-bond donors (Lipinski definition) is 2. The molecule has 0 spiro atoms. The molecular formula is C10H12N2O2. The van der Waals surface area contributed by atoms with Gasteiger partial charge in [0.05, 0.1) is 0 Å². The summed E-state index contributed by atoms with van der Waals surface area (Å²) in [6.45, 7) is 3.31. The number of carbonyl (C=O) groups is 1. The van der Waals surface area contributed by atoms with Crippen LogP contribution in [-0.2, 0) is 4.79 Å². The van der Waals surface area contributed by atoms with Crippen molar-refractivity contribution in [1.29, 1.82) is 0 Å². The first-order chi connectivity index (χ1) is 6.52. The molecule has 0 unspecified atom stereocenters. The first-order valence-electron chi connectivity index (χ1n) is 4.15. The van der Waals surface area contributed by atoms with E-state index in [0.717, 1.165) is 5.56 Å². The number of nitrogens with two attached hydrogens (primary N) is 1. The predicted molar refractivity (Wildman–Crippen MR) is 54.6 cm³/mol. The van der Waals surface area contributed by atoms with Gasteiger partial charge in [-0.1, -0.05) is 0 Å². The van der Waals surface area contributed by atoms with Crippen molar-refractivity contribution in [3.8, 4) is 0 Å². The lowest BCUT2D eigenvalue weighted by molar-refractivity contribution is -0.132. The Bertz CT molecular complexity index is 380. The zero-order chi connectivity index (χ0) is 10.7. The summed E-state index contributed by atoms with van der Waals surface area (Å²) in [4.78, 5) is 14.6. The molecule has 14 heavy (non-hydrogen) atoms. The highest BCUT2D eigenvalue weighted by molar-refractivity contribution is 5.95. The molecule has 1 rings (SSSR count). The number of allylic oxidation sites excluding steroid dienone is 1. The van der Waals surface area contributed by atoms with Crippen LogP contribution in [0.3, 0.4) is 0 Å². The van der Waals surface area contributed by atoms with Crippen LogP contribution in [0.1, 0.15) is 19.4 Å². The second-order valence-corrected chi connectivity index (χ2v) is 3.03. The molecule has 0 atom stereocenters. The second-order valence-electron chi connectivity index (χ2n) is 3.03. The Morgan fingerprint density at radius 3 is 2.50 bits per heavy atom. The van der Waals surface area contributed by atoms with Gasteiger partial charge in [0.2, 0.25) is 0 Å². The van der Waals surface area contributed by atoms with Crippen LogP contribution in [0.15, 0.2) is 23.9 Å². The Morgan fingerprint density at radius 1 is 1.43 bits per heavy atom. The van der Waals surface area contributed by atoms with Gasteiger partial charge in [-0.25, -0.2) is 9.78 Å². The molecule has 3 N–H and O–H groups in total. The van der Waals surface area contributed by atoms with Crippen molar-refractivity contribution in [2.75, 3.05) is 5.73 Å². The number of pyridine rings is 1. The van der Waals surface area contributed by atoms with Crippen LogP contribution >= 0.6 is 0 Å². The van der Waals surface area contributed by atoms with E-state index in [-0.39, 0.29) is 0 Å². The lowest BCUT2D eigenvalue weighted by Gasteiger charge is -2.03. The van der Waals surface area contributed by atoms with Crippen LogP contribution in [0.4, 0.5) is 5.82 Å². The van der Waals surface area contributed by atoms with Gasteiger partial charge >= 0.3 is 5.97 Å². The summed E-state index contributed by atoms with van der Waals surface area (Å²) >= 11 is 0. The molecule has 0 saturated carbocycles.